The number of benzene rings is 2. The first-order chi connectivity index (χ1) is 21.8. The first kappa shape index (κ1) is 30.8. The number of amides is 1. The van der Waals surface area contributed by atoms with Crippen LogP contribution in [0.1, 0.15) is 42.7 Å². The Bertz CT molecular complexity index is 1690. The maximum absolute atomic E-state index is 12.7. The Labute approximate surface area is 265 Å². The van der Waals surface area contributed by atoms with Gasteiger partial charge in [-0.2, -0.15) is 0 Å². The number of fused-ring (bicyclic) bond motifs is 1. The lowest BCUT2D eigenvalue weighted by Gasteiger charge is -2.47. The standard InChI is InChI=1S/C33H35ClN4O7/c1-21-12-23(37-45-21)14-24(39)13-22-5-6-25(15-27(22)34)44-32-26-16-29(41-2)30(17-28(26)35-20-36-32)43-11-3-4-31(40)38-9-7-33(8-10-38)18-42-19-33/h5-6,12,15-17,20H,3-4,7-11,13-14,18-19H2,1-2H3. The van der Waals surface area contributed by atoms with Gasteiger partial charge in [-0.05, 0) is 49.9 Å². The minimum absolute atomic E-state index is 0.0306. The molecular weight excluding hydrogens is 600 g/mol. The normalized spacial score (nSPS) is 15.6. The number of aromatic nitrogens is 3. The lowest BCUT2D eigenvalue weighted by molar-refractivity contribution is -0.153. The van der Waals surface area contributed by atoms with Crippen LogP contribution >= 0.6 is 11.6 Å². The Morgan fingerprint density at radius 3 is 2.56 bits per heavy atom. The fourth-order valence-electron chi connectivity index (χ4n) is 5.69. The zero-order chi connectivity index (χ0) is 31.4. The number of nitrogens with zero attached hydrogens (tertiary/aromatic N) is 4. The van der Waals surface area contributed by atoms with E-state index in [4.69, 9.17) is 35.1 Å². The molecule has 11 nitrogen and oxygen atoms in total. The first-order valence-electron chi connectivity index (χ1n) is 15.0. The molecule has 4 heterocycles. The van der Waals surface area contributed by atoms with E-state index >= 15 is 0 Å². The SMILES string of the molecule is COc1cc2c(Oc3ccc(CC(=O)Cc4cc(C)on4)c(Cl)c3)ncnc2cc1OCCCC(=O)N1CCC2(CC1)COC2. The molecule has 0 aliphatic carbocycles. The maximum atomic E-state index is 12.7. The van der Waals surface area contributed by atoms with Crippen molar-refractivity contribution in [2.75, 3.05) is 40.0 Å². The summed E-state index contributed by atoms with van der Waals surface area (Å²) in [5.41, 5.74) is 2.18. The van der Waals surface area contributed by atoms with Gasteiger partial charge in [0.05, 0.1) is 49.9 Å². The molecule has 0 atom stereocenters. The number of carbonyl (C=O) groups excluding carboxylic acids is 2. The zero-order valence-corrected chi connectivity index (χ0v) is 26.1. The smallest absolute Gasteiger partial charge is 0.230 e. The third-order valence-electron chi connectivity index (χ3n) is 8.35. The van der Waals surface area contributed by atoms with Crippen molar-refractivity contribution in [3.8, 4) is 23.1 Å². The minimum Gasteiger partial charge on any atom is -0.493 e. The molecule has 2 aromatic heterocycles. The van der Waals surface area contributed by atoms with Crippen LogP contribution in [-0.4, -0.2) is 71.7 Å². The van der Waals surface area contributed by atoms with Crippen LogP contribution in [-0.2, 0) is 27.2 Å². The molecule has 236 valence electrons. The van der Waals surface area contributed by atoms with Gasteiger partial charge in [-0.25, -0.2) is 9.97 Å². The highest BCUT2D eigenvalue weighted by Crippen LogP contribution is 2.39. The molecule has 0 radical (unpaired) electrons. The summed E-state index contributed by atoms with van der Waals surface area (Å²) in [6, 6.07) is 10.4. The molecule has 1 spiro atoms. The monoisotopic (exact) mass is 634 g/mol. The number of ketones is 1. The van der Waals surface area contributed by atoms with Crippen molar-refractivity contribution in [2.45, 2.75) is 45.4 Å². The molecular formula is C33H35ClN4O7. The lowest BCUT2D eigenvalue weighted by Crippen LogP contribution is -2.52. The molecule has 4 aromatic rings. The molecule has 45 heavy (non-hydrogen) atoms. The zero-order valence-electron chi connectivity index (χ0n) is 25.3. The molecule has 2 aliphatic heterocycles. The molecule has 0 unspecified atom stereocenters. The van der Waals surface area contributed by atoms with Gasteiger partial charge in [0.15, 0.2) is 11.5 Å². The molecule has 2 fully saturated rings. The van der Waals surface area contributed by atoms with E-state index in [0.29, 0.717) is 80.9 Å². The number of hydrogen-bond acceptors (Lipinski definition) is 10. The molecule has 12 heteroatoms. The van der Waals surface area contributed by atoms with E-state index in [-0.39, 0.29) is 24.5 Å². The summed E-state index contributed by atoms with van der Waals surface area (Å²) in [6.07, 6.45) is 4.78. The highest BCUT2D eigenvalue weighted by Gasteiger charge is 2.41. The van der Waals surface area contributed by atoms with Gasteiger partial charge in [-0.15, -0.1) is 0 Å². The van der Waals surface area contributed by atoms with Crippen LogP contribution < -0.4 is 14.2 Å². The molecule has 0 N–H and O–H groups in total. The summed E-state index contributed by atoms with van der Waals surface area (Å²) >= 11 is 6.51. The van der Waals surface area contributed by atoms with Crippen molar-refractivity contribution < 1.29 is 33.1 Å². The van der Waals surface area contributed by atoms with Crippen LogP contribution in [0.5, 0.6) is 23.1 Å². The quantitative estimate of drug-likeness (QED) is 0.184. The minimum atomic E-state index is -0.0306. The van der Waals surface area contributed by atoms with Crippen LogP contribution in [0.3, 0.4) is 0 Å². The number of methoxy groups -OCH3 is 1. The molecule has 2 aromatic carbocycles. The number of ether oxygens (including phenoxy) is 4. The summed E-state index contributed by atoms with van der Waals surface area (Å²) < 4.78 is 28.1. The van der Waals surface area contributed by atoms with Crippen LogP contribution in [0.25, 0.3) is 10.9 Å². The van der Waals surface area contributed by atoms with Crippen LogP contribution in [0, 0.1) is 12.3 Å². The number of rotatable bonds is 12. The van der Waals surface area contributed by atoms with Gasteiger partial charge in [0.1, 0.15) is 23.6 Å². The number of carbonyl (C=O) groups is 2. The summed E-state index contributed by atoms with van der Waals surface area (Å²) in [7, 11) is 1.56. The van der Waals surface area contributed by atoms with Gasteiger partial charge in [-0.1, -0.05) is 22.8 Å². The first-order valence-corrected chi connectivity index (χ1v) is 15.4. The fourth-order valence-corrected chi connectivity index (χ4v) is 5.93. The van der Waals surface area contributed by atoms with E-state index in [1.165, 1.54) is 6.33 Å². The summed E-state index contributed by atoms with van der Waals surface area (Å²) in [4.78, 5) is 35.9. The highest BCUT2D eigenvalue weighted by molar-refractivity contribution is 6.31. The van der Waals surface area contributed by atoms with Crippen LogP contribution in [0.2, 0.25) is 5.02 Å². The Balaban J connectivity index is 1.05. The van der Waals surface area contributed by atoms with E-state index in [9.17, 15) is 9.59 Å². The predicted molar refractivity (Wildman–Crippen MR) is 165 cm³/mol. The molecule has 2 aliphatic rings. The van der Waals surface area contributed by atoms with Crippen molar-refractivity contribution in [3.63, 3.8) is 0 Å². The number of likely N-dealkylation sites (tertiary alicyclic amines) is 1. The number of piperidine rings is 1. The number of halogens is 1. The van der Waals surface area contributed by atoms with Gasteiger partial charge in [0.25, 0.3) is 0 Å². The Kier molecular flexibility index (Phi) is 9.18. The number of aryl methyl sites for hydroxylation is 1. The maximum Gasteiger partial charge on any atom is 0.230 e. The van der Waals surface area contributed by atoms with Crippen molar-refractivity contribution in [1.82, 2.24) is 20.0 Å². The Morgan fingerprint density at radius 1 is 1.04 bits per heavy atom. The Morgan fingerprint density at radius 2 is 1.87 bits per heavy atom. The van der Waals surface area contributed by atoms with Gasteiger partial charge < -0.3 is 28.4 Å². The topological polar surface area (TPSA) is 126 Å². The highest BCUT2D eigenvalue weighted by atomic mass is 35.5. The molecule has 6 rings (SSSR count). The molecule has 0 bridgehead atoms. The van der Waals surface area contributed by atoms with E-state index in [0.717, 1.165) is 39.1 Å². The van der Waals surface area contributed by atoms with Crippen molar-refractivity contribution >= 4 is 34.2 Å². The molecule has 0 saturated carbocycles. The largest absolute Gasteiger partial charge is 0.493 e. The summed E-state index contributed by atoms with van der Waals surface area (Å²) in [5.74, 6) is 2.57. The second kappa shape index (κ2) is 13.4. The second-order valence-electron chi connectivity index (χ2n) is 11.7. The summed E-state index contributed by atoms with van der Waals surface area (Å²) in [6.45, 7) is 5.39. The van der Waals surface area contributed by atoms with Crippen molar-refractivity contribution in [2.24, 2.45) is 5.41 Å². The average Bonchev–Trinajstić information content (AvgIpc) is 3.43. The number of hydrogen-bond donors (Lipinski definition) is 0. The molecule has 1 amide bonds. The number of Topliss-reactive ketones (excluding diaryl/α,β-unsaturated/α-hetero) is 1. The average molecular weight is 635 g/mol. The van der Waals surface area contributed by atoms with Crippen molar-refractivity contribution in [3.05, 3.63) is 64.8 Å². The van der Waals surface area contributed by atoms with Crippen LogP contribution in [0.15, 0.2) is 47.2 Å². The Hall–Kier alpha value is -4.22. The van der Waals surface area contributed by atoms with Gasteiger partial charge in [0.2, 0.25) is 11.8 Å². The van der Waals surface area contributed by atoms with Gasteiger partial charge in [-0.3, -0.25) is 9.59 Å². The molecule has 2 saturated heterocycles. The van der Waals surface area contributed by atoms with E-state index in [1.807, 2.05) is 4.90 Å². The second-order valence-corrected chi connectivity index (χ2v) is 12.1. The van der Waals surface area contributed by atoms with E-state index < -0.39 is 0 Å². The van der Waals surface area contributed by atoms with E-state index in [1.54, 1.807) is 50.4 Å². The summed E-state index contributed by atoms with van der Waals surface area (Å²) in [5, 5.41) is 4.90. The van der Waals surface area contributed by atoms with Gasteiger partial charge in [0, 0.05) is 48.5 Å². The van der Waals surface area contributed by atoms with E-state index in [2.05, 4.69) is 15.1 Å². The van der Waals surface area contributed by atoms with Crippen LogP contribution in [0.4, 0.5) is 0 Å². The fraction of sp³-hybridized carbons (Fsp3) is 0.424. The third-order valence-corrected chi connectivity index (χ3v) is 8.70. The third kappa shape index (κ3) is 7.20. The lowest BCUT2D eigenvalue weighted by atomic mass is 9.77. The predicted octanol–water partition coefficient (Wildman–Crippen LogP) is 5.53. The van der Waals surface area contributed by atoms with Gasteiger partial charge >= 0.3 is 0 Å². The van der Waals surface area contributed by atoms with Crippen molar-refractivity contribution in [1.29, 1.82) is 0 Å².